The molecule has 0 bridgehead atoms. The van der Waals surface area contributed by atoms with Gasteiger partial charge in [-0.25, -0.2) is 14.4 Å². The normalized spacial score (nSPS) is 11.1. The molecule has 0 unspecified atom stereocenters. The first-order valence-electron chi connectivity index (χ1n) is 10.5. The van der Waals surface area contributed by atoms with E-state index in [2.05, 4.69) is 5.32 Å². The molecule has 0 spiro atoms. The molecule has 9 heteroatoms. The molecule has 178 valence electrons. The van der Waals surface area contributed by atoms with E-state index < -0.39 is 29.3 Å². The fraction of sp³-hybridized carbons (Fsp3) is 0.280. The van der Waals surface area contributed by atoms with E-state index in [1.807, 2.05) is 0 Å². The molecule has 1 N–H and O–H groups in total. The van der Waals surface area contributed by atoms with Gasteiger partial charge in [-0.2, -0.15) is 0 Å². The van der Waals surface area contributed by atoms with Crippen LogP contribution in [0.4, 0.5) is 4.79 Å². The van der Waals surface area contributed by atoms with Gasteiger partial charge in [0.25, 0.3) is 0 Å². The molecule has 0 aliphatic rings. The van der Waals surface area contributed by atoms with Crippen LogP contribution in [0.2, 0.25) is 0 Å². The molecule has 0 fully saturated rings. The van der Waals surface area contributed by atoms with Crippen molar-refractivity contribution in [1.29, 1.82) is 0 Å². The number of ether oxygens (including phenoxy) is 3. The Kier molecular flexibility index (Phi) is 7.35. The Hall–Kier alpha value is -4.14. The minimum absolute atomic E-state index is 0.0549. The van der Waals surface area contributed by atoms with E-state index in [-0.39, 0.29) is 30.0 Å². The highest BCUT2D eigenvalue weighted by molar-refractivity contribution is 5.94. The molecule has 1 heterocycles. The molecule has 9 nitrogen and oxygen atoms in total. The first kappa shape index (κ1) is 24.5. The fourth-order valence-electron chi connectivity index (χ4n) is 2.92. The van der Waals surface area contributed by atoms with Crippen LogP contribution in [-0.2, 0) is 27.4 Å². The summed E-state index contributed by atoms with van der Waals surface area (Å²) in [5.41, 5.74) is 0.0235. The molecule has 0 atom stereocenters. The van der Waals surface area contributed by atoms with Crippen molar-refractivity contribution >= 4 is 29.0 Å². The Balaban J connectivity index is 1.67. The third kappa shape index (κ3) is 6.93. The third-order valence-electron chi connectivity index (χ3n) is 4.43. The van der Waals surface area contributed by atoms with Gasteiger partial charge in [0.05, 0.1) is 0 Å². The summed E-state index contributed by atoms with van der Waals surface area (Å²) in [5.74, 6) is -1.08. The van der Waals surface area contributed by atoms with Crippen molar-refractivity contribution in [3.05, 3.63) is 75.6 Å². The number of alkyl carbamates (subject to hydrolysis) is 1. The van der Waals surface area contributed by atoms with Gasteiger partial charge in [-0.1, -0.05) is 18.2 Å². The quantitative estimate of drug-likeness (QED) is 0.327. The predicted octanol–water partition coefficient (Wildman–Crippen LogP) is 4.10. The Morgan fingerprint density at radius 2 is 1.65 bits per heavy atom. The highest BCUT2D eigenvalue weighted by Gasteiger charge is 2.17. The van der Waals surface area contributed by atoms with Crippen molar-refractivity contribution in [3.8, 4) is 5.75 Å². The minimum atomic E-state index is -0.874. The van der Waals surface area contributed by atoms with Crippen molar-refractivity contribution in [2.75, 3.05) is 0 Å². The monoisotopic (exact) mass is 467 g/mol. The number of benzene rings is 2. The van der Waals surface area contributed by atoms with Gasteiger partial charge in [0.2, 0.25) is 0 Å². The van der Waals surface area contributed by atoms with Gasteiger partial charge in [0.1, 0.15) is 29.1 Å². The summed E-state index contributed by atoms with van der Waals surface area (Å²) in [4.78, 5) is 47.6. The maximum atomic E-state index is 12.6. The molecule has 3 aromatic rings. The van der Waals surface area contributed by atoms with E-state index in [0.29, 0.717) is 10.9 Å². The van der Waals surface area contributed by atoms with E-state index >= 15 is 0 Å². The highest BCUT2D eigenvalue weighted by Crippen LogP contribution is 2.19. The van der Waals surface area contributed by atoms with Gasteiger partial charge in [-0.05, 0) is 62.2 Å². The van der Waals surface area contributed by atoms with Crippen molar-refractivity contribution in [3.63, 3.8) is 0 Å². The number of nitrogens with one attached hydrogen (secondary N) is 1. The Morgan fingerprint density at radius 1 is 0.971 bits per heavy atom. The van der Waals surface area contributed by atoms with Gasteiger partial charge in [-0.3, -0.25) is 4.79 Å². The van der Waals surface area contributed by atoms with Crippen molar-refractivity contribution < 1.29 is 33.0 Å². The minimum Gasteiger partial charge on any atom is -0.461 e. The van der Waals surface area contributed by atoms with E-state index in [1.54, 1.807) is 63.2 Å². The van der Waals surface area contributed by atoms with E-state index in [9.17, 15) is 19.2 Å². The summed E-state index contributed by atoms with van der Waals surface area (Å²) < 4.78 is 20.7. The Bertz CT molecular complexity index is 1270. The summed E-state index contributed by atoms with van der Waals surface area (Å²) in [5, 5.41) is 3.12. The molecule has 0 aliphatic heterocycles. The number of fused-ring (bicyclic) bond motifs is 1. The number of hydrogen-bond donors (Lipinski definition) is 1. The van der Waals surface area contributed by atoms with Crippen LogP contribution in [0.3, 0.4) is 0 Å². The van der Waals surface area contributed by atoms with Gasteiger partial charge in [0.15, 0.2) is 0 Å². The molecule has 3 rings (SSSR count). The molecule has 0 aliphatic carbocycles. The highest BCUT2D eigenvalue weighted by atomic mass is 16.6. The van der Waals surface area contributed by atoms with Crippen LogP contribution in [0.25, 0.3) is 11.0 Å². The molecule has 0 radical (unpaired) electrons. The van der Waals surface area contributed by atoms with Gasteiger partial charge in [0, 0.05) is 18.9 Å². The molecular weight excluding hydrogens is 442 g/mol. The smallest absolute Gasteiger partial charge is 0.407 e. The first-order chi connectivity index (χ1) is 16.0. The van der Waals surface area contributed by atoms with Gasteiger partial charge in [-0.15, -0.1) is 0 Å². The largest absolute Gasteiger partial charge is 0.461 e. The summed E-state index contributed by atoms with van der Waals surface area (Å²) in [7, 11) is 0. The number of amides is 1. The van der Waals surface area contributed by atoms with Crippen LogP contribution >= 0.6 is 0 Å². The standard InChI is InChI=1S/C25H25NO8/c1-15(27)31-14-17-7-10-21-18(11-17)12-20(23(29)33-21)22(28)32-19-8-5-16(6-9-19)13-26-24(30)34-25(2,3)4/h5-12H,13-14H2,1-4H3,(H,26,30). The lowest BCUT2D eigenvalue weighted by molar-refractivity contribution is -0.142. The second-order valence-corrected chi connectivity index (χ2v) is 8.49. The lowest BCUT2D eigenvalue weighted by Crippen LogP contribution is -2.32. The topological polar surface area (TPSA) is 121 Å². The lowest BCUT2D eigenvalue weighted by atomic mass is 10.1. The average Bonchev–Trinajstić information content (AvgIpc) is 2.75. The van der Waals surface area contributed by atoms with E-state index in [0.717, 1.165) is 5.56 Å². The maximum Gasteiger partial charge on any atom is 0.407 e. The maximum absolute atomic E-state index is 12.6. The number of carbonyl (C=O) groups excluding carboxylic acids is 3. The molecule has 0 saturated carbocycles. The van der Waals surface area contributed by atoms with Crippen molar-refractivity contribution in [1.82, 2.24) is 5.32 Å². The zero-order valence-electron chi connectivity index (χ0n) is 19.3. The van der Waals surface area contributed by atoms with Crippen LogP contribution < -0.4 is 15.7 Å². The lowest BCUT2D eigenvalue weighted by Gasteiger charge is -2.19. The number of carbonyl (C=O) groups is 3. The summed E-state index contributed by atoms with van der Waals surface area (Å²) in [6.07, 6.45) is -0.540. The van der Waals surface area contributed by atoms with Crippen LogP contribution in [0.15, 0.2) is 57.7 Å². The van der Waals surface area contributed by atoms with E-state index in [4.69, 9.17) is 18.6 Å². The SMILES string of the molecule is CC(=O)OCc1ccc2oc(=O)c(C(=O)Oc3ccc(CNC(=O)OC(C)(C)C)cc3)cc2c1. The molecular formula is C25H25NO8. The van der Waals surface area contributed by atoms with Gasteiger partial charge < -0.3 is 23.9 Å². The first-order valence-corrected chi connectivity index (χ1v) is 10.5. The van der Waals surface area contributed by atoms with Crippen molar-refractivity contribution in [2.24, 2.45) is 0 Å². The summed E-state index contributed by atoms with van der Waals surface area (Å²) in [6.45, 7) is 6.90. The molecule has 1 aromatic heterocycles. The zero-order chi connectivity index (χ0) is 24.9. The molecule has 1 amide bonds. The van der Waals surface area contributed by atoms with E-state index in [1.165, 1.54) is 13.0 Å². The Morgan fingerprint density at radius 3 is 2.29 bits per heavy atom. The molecule has 2 aromatic carbocycles. The third-order valence-corrected chi connectivity index (χ3v) is 4.43. The molecule has 34 heavy (non-hydrogen) atoms. The molecule has 0 saturated heterocycles. The number of hydrogen-bond acceptors (Lipinski definition) is 8. The van der Waals surface area contributed by atoms with Crippen LogP contribution in [0.5, 0.6) is 5.75 Å². The second kappa shape index (κ2) is 10.2. The average molecular weight is 467 g/mol. The van der Waals surface area contributed by atoms with Crippen LogP contribution in [0.1, 0.15) is 49.2 Å². The van der Waals surface area contributed by atoms with Crippen LogP contribution in [0, 0.1) is 0 Å². The van der Waals surface area contributed by atoms with Gasteiger partial charge >= 0.3 is 23.7 Å². The summed E-state index contributed by atoms with van der Waals surface area (Å²) >= 11 is 0. The zero-order valence-corrected chi connectivity index (χ0v) is 19.3. The summed E-state index contributed by atoms with van der Waals surface area (Å²) in [6, 6.07) is 12.7. The Labute approximate surface area is 195 Å². The fourth-order valence-corrected chi connectivity index (χ4v) is 2.92. The van der Waals surface area contributed by atoms with Crippen molar-refractivity contribution in [2.45, 2.75) is 46.4 Å². The van der Waals surface area contributed by atoms with Crippen LogP contribution in [-0.4, -0.2) is 23.6 Å². The second-order valence-electron chi connectivity index (χ2n) is 8.49. The number of rotatable bonds is 6. The number of esters is 2. The predicted molar refractivity (Wildman–Crippen MR) is 122 cm³/mol.